The molecule has 1 saturated carbocycles. The topological polar surface area (TPSA) is 73.1 Å². The van der Waals surface area contributed by atoms with E-state index < -0.39 is 0 Å². The Balaban J connectivity index is 0.00000272. The number of hydrogen-bond donors (Lipinski definition) is 0. The number of aromatic nitrogens is 4. The minimum Gasteiger partial charge on any atom is -0.490 e. The van der Waals surface area contributed by atoms with Crippen LogP contribution in [0.4, 0.5) is 0 Å². The minimum atomic E-state index is -0.0863. The van der Waals surface area contributed by atoms with E-state index in [2.05, 4.69) is 20.0 Å². The van der Waals surface area contributed by atoms with E-state index in [1.54, 1.807) is 18.5 Å². The molecule has 8 heteroatoms. The molecular formula is C23H28ClN5O2. The molecule has 0 amide bonds. The predicted molar refractivity (Wildman–Crippen MR) is 123 cm³/mol. The second kappa shape index (κ2) is 10.5. The van der Waals surface area contributed by atoms with Gasteiger partial charge in [-0.05, 0) is 51.1 Å². The SMILES string of the molecule is CN(C)CCCOc1cnc(-c2cccc(Cn3nc(C4CC4)ccc3=O)c2)nc1.Cl. The molecule has 3 aromatic rings. The Morgan fingerprint density at radius 3 is 2.61 bits per heavy atom. The summed E-state index contributed by atoms with van der Waals surface area (Å²) in [5.41, 5.74) is 2.81. The molecular weight excluding hydrogens is 414 g/mol. The number of hydrogen-bond acceptors (Lipinski definition) is 6. The van der Waals surface area contributed by atoms with Crippen LogP contribution < -0.4 is 10.3 Å². The lowest BCUT2D eigenvalue weighted by Crippen LogP contribution is -2.23. The molecule has 2 aromatic heterocycles. The lowest BCUT2D eigenvalue weighted by molar-refractivity contribution is 0.280. The highest BCUT2D eigenvalue weighted by atomic mass is 35.5. The highest BCUT2D eigenvalue weighted by molar-refractivity contribution is 5.85. The van der Waals surface area contributed by atoms with Crippen LogP contribution in [-0.2, 0) is 6.54 Å². The van der Waals surface area contributed by atoms with Crippen molar-refractivity contribution in [1.29, 1.82) is 0 Å². The smallest absolute Gasteiger partial charge is 0.267 e. The van der Waals surface area contributed by atoms with Crippen LogP contribution in [0.3, 0.4) is 0 Å². The summed E-state index contributed by atoms with van der Waals surface area (Å²) in [5.74, 6) is 1.81. The van der Waals surface area contributed by atoms with Crippen molar-refractivity contribution in [1.82, 2.24) is 24.6 Å². The molecule has 1 aliphatic rings. The molecule has 31 heavy (non-hydrogen) atoms. The molecule has 164 valence electrons. The number of rotatable bonds is 9. The van der Waals surface area contributed by atoms with Crippen molar-refractivity contribution < 1.29 is 4.74 Å². The molecule has 0 bridgehead atoms. The van der Waals surface area contributed by atoms with Crippen LogP contribution in [0.5, 0.6) is 5.75 Å². The van der Waals surface area contributed by atoms with E-state index in [4.69, 9.17) is 4.74 Å². The van der Waals surface area contributed by atoms with Gasteiger partial charge in [0, 0.05) is 24.1 Å². The van der Waals surface area contributed by atoms with Gasteiger partial charge < -0.3 is 9.64 Å². The summed E-state index contributed by atoms with van der Waals surface area (Å²) in [5, 5.41) is 4.54. The van der Waals surface area contributed by atoms with Gasteiger partial charge in [0.25, 0.3) is 5.56 Å². The summed E-state index contributed by atoms with van der Waals surface area (Å²) in [7, 11) is 4.09. The van der Waals surface area contributed by atoms with Gasteiger partial charge in [-0.15, -0.1) is 12.4 Å². The Morgan fingerprint density at radius 2 is 1.90 bits per heavy atom. The zero-order chi connectivity index (χ0) is 20.9. The Morgan fingerprint density at radius 1 is 1.13 bits per heavy atom. The maximum Gasteiger partial charge on any atom is 0.267 e. The first-order valence-electron chi connectivity index (χ1n) is 10.4. The number of benzene rings is 1. The van der Waals surface area contributed by atoms with Gasteiger partial charge in [0.1, 0.15) is 0 Å². The third-order valence-corrected chi connectivity index (χ3v) is 5.05. The molecule has 0 atom stereocenters. The van der Waals surface area contributed by atoms with Gasteiger partial charge in [-0.1, -0.05) is 18.2 Å². The van der Waals surface area contributed by atoms with Crippen LogP contribution in [0.1, 0.15) is 36.4 Å². The van der Waals surface area contributed by atoms with Crippen molar-refractivity contribution >= 4 is 12.4 Å². The summed E-state index contributed by atoms with van der Waals surface area (Å²) in [6, 6.07) is 11.4. The van der Waals surface area contributed by atoms with E-state index in [1.807, 2.05) is 44.4 Å². The molecule has 0 spiro atoms. The Bertz CT molecular complexity index is 1050. The van der Waals surface area contributed by atoms with Gasteiger partial charge in [0.15, 0.2) is 11.6 Å². The predicted octanol–water partition coefficient (Wildman–Crippen LogP) is 3.38. The fourth-order valence-corrected chi connectivity index (χ4v) is 3.27. The second-order valence-corrected chi connectivity index (χ2v) is 7.98. The lowest BCUT2D eigenvalue weighted by Gasteiger charge is -2.10. The van der Waals surface area contributed by atoms with Crippen LogP contribution in [-0.4, -0.2) is 51.9 Å². The molecule has 4 rings (SSSR count). The van der Waals surface area contributed by atoms with Crippen LogP contribution in [0.25, 0.3) is 11.4 Å². The third-order valence-electron chi connectivity index (χ3n) is 5.05. The van der Waals surface area contributed by atoms with Crippen molar-refractivity contribution in [2.45, 2.75) is 31.7 Å². The molecule has 1 fully saturated rings. The average Bonchev–Trinajstić information content (AvgIpc) is 3.59. The summed E-state index contributed by atoms with van der Waals surface area (Å²) < 4.78 is 7.24. The molecule has 1 aliphatic carbocycles. The fraction of sp³-hybridized carbons (Fsp3) is 0.391. The highest BCUT2D eigenvalue weighted by Gasteiger charge is 2.25. The molecule has 1 aromatic carbocycles. The third kappa shape index (κ3) is 6.35. The largest absolute Gasteiger partial charge is 0.490 e. The quantitative estimate of drug-likeness (QED) is 0.474. The first-order valence-corrected chi connectivity index (χ1v) is 10.4. The normalized spacial score (nSPS) is 13.1. The Labute approximate surface area is 188 Å². The molecule has 0 aliphatic heterocycles. The molecule has 7 nitrogen and oxygen atoms in total. The lowest BCUT2D eigenvalue weighted by atomic mass is 10.1. The van der Waals surface area contributed by atoms with Gasteiger partial charge in [0.05, 0.1) is 31.2 Å². The summed E-state index contributed by atoms with van der Waals surface area (Å²) in [6.07, 6.45) is 6.68. The minimum absolute atomic E-state index is 0. The van der Waals surface area contributed by atoms with E-state index in [0.29, 0.717) is 30.6 Å². The van der Waals surface area contributed by atoms with Crippen molar-refractivity contribution in [2.24, 2.45) is 0 Å². The maximum atomic E-state index is 12.2. The maximum absolute atomic E-state index is 12.2. The van der Waals surface area contributed by atoms with Crippen LogP contribution in [0, 0.1) is 0 Å². The second-order valence-electron chi connectivity index (χ2n) is 7.98. The van der Waals surface area contributed by atoms with Crippen LogP contribution in [0.2, 0.25) is 0 Å². The first kappa shape index (κ1) is 22.9. The number of nitrogens with zero attached hydrogens (tertiary/aromatic N) is 5. The summed E-state index contributed by atoms with van der Waals surface area (Å²) in [6.45, 7) is 2.05. The van der Waals surface area contributed by atoms with Crippen LogP contribution >= 0.6 is 12.4 Å². The van der Waals surface area contributed by atoms with Crippen molar-refractivity contribution in [3.63, 3.8) is 0 Å². The standard InChI is InChI=1S/C23H27N5O2.ClH/c1-27(2)11-4-12-30-20-14-24-23(25-15-20)19-6-3-5-17(13-19)16-28-22(29)10-9-21(26-28)18-7-8-18;/h3,5-6,9-10,13-15,18H,4,7-8,11-12,16H2,1-2H3;1H. The van der Waals surface area contributed by atoms with E-state index in [1.165, 1.54) is 4.68 Å². The number of halogens is 1. The van der Waals surface area contributed by atoms with Gasteiger partial charge in [0.2, 0.25) is 0 Å². The monoisotopic (exact) mass is 441 g/mol. The van der Waals surface area contributed by atoms with Crippen molar-refractivity contribution in [2.75, 3.05) is 27.2 Å². The molecule has 0 N–H and O–H groups in total. The molecule has 2 heterocycles. The van der Waals surface area contributed by atoms with Crippen molar-refractivity contribution in [3.05, 3.63) is 70.4 Å². The summed E-state index contributed by atoms with van der Waals surface area (Å²) in [4.78, 5) is 23.2. The van der Waals surface area contributed by atoms with E-state index in [-0.39, 0.29) is 18.0 Å². The van der Waals surface area contributed by atoms with Crippen LogP contribution in [0.15, 0.2) is 53.6 Å². The van der Waals surface area contributed by atoms with Gasteiger partial charge in [-0.3, -0.25) is 4.79 Å². The Hall–Kier alpha value is -2.77. The first-order chi connectivity index (χ1) is 14.6. The van der Waals surface area contributed by atoms with Gasteiger partial charge in [-0.2, -0.15) is 5.10 Å². The Kier molecular flexibility index (Phi) is 7.76. The zero-order valence-electron chi connectivity index (χ0n) is 17.9. The molecule has 0 radical (unpaired) electrons. The highest BCUT2D eigenvalue weighted by Crippen LogP contribution is 2.38. The molecule has 0 unspecified atom stereocenters. The van der Waals surface area contributed by atoms with Gasteiger partial charge in [-0.25, -0.2) is 14.6 Å². The van der Waals surface area contributed by atoms with Crippen molar-refractivity contribution in [3.8, 4) is 17.1 Å². The van der Waals surface area contributed by atoms with E-state index in [0.717, 1.165) is 42.6 Å². The zero-order valence-corrected chi connectivity index (χ0v) is 18.7. The van der Waals surface area contributed by atoms with Gasteiger partial charge >= 0.3 is 0 Å². The summed E-state index contributed by atoms with van der Waals surface area (Å²) >= 11 is 0. The fourth-order valence-electron chi connectivity index (χ4n) is 3.27. The number of ether oxygens (including phenoxy) is 1. The molecule has 0 saturated heterocycles. The van der Waals surface area contributed by atoms with E-state index >= 15 is 0 Å². The van der Waals surface area contributed by atoms with E-state index in [9.17, 15) is 4.79 Å². The average molecular weight is 442 g/mol.